The summed E-state index contributed by atoms with van der Waals surface area (Å²) in [6.07, 6.45) is 0. The Balaban J connectivity index is 2.19. The summed E-state index contributed by atoms with van der Waals surface area (Å²) in [4.78, 5) is 25.7. The molecule has 20 heavy (non-hydrogen) atoms. The molecular formula is C15H20N2O3. The molecule has 1 aliphatic rings. The number of carbonyl (C=O) groups excluding carboxylic acids is 2. The minimum Gasteiger partial charge on any atom is -0.380 e. The molecule has 1 aromatic rings. The maximum absolute atomic E-state index is 12.5. The summed E-state index contributed by atoms with van der Waals surface area (Å²) < 4.78 is 5.21. The van der Waals surface area contributed by atoms with Crippen molar-refractivity contribution in [3.05, 3.63) is 35.4 Å². The lowest BCUT2D eigenvalue weighted by Gasteiger charge is -2.22. The monoisotopic (exact) mass is 276 g/mol. The number of rotatable bonds is 5. The molecule has 1 fully saturated rings. The highest BCUT2D eigenvalue weighted by molar-refractivity contribution is 6.07. The first-order valence-corrected chi connectivity index (χ1v) is 6.78. The normalized spacial score (nSPS) is 22.2. The standard InChI is InChI=1S/C15H20N2O3/c1-4-20-10-9-17-13(18)15(3,16-14(17)19)12-7-5-11(2)6-8-12/h5-8H,4,9-10H2,1-3H3,(H,16,19)/t15-/m0/s1. The third-order valence-corrected chi connectivity index (χ3v) is 3.57. The van der Waals surface area contributed by atoms with E-state index in [1.807, 2.05) is 38.1 Å². The summed E-state index contributed by atoms with van der Waals surface area (Å²) in [5, 5.41) is 2.77. The van der Waals surface area contributed by atoms with Crippen LogP contribution in [-0.2, 0) is 15.1 Å². The molecule has 5 heteroatoms. The van der Waals surface area contributed by atoms with Gasteiger partial charge in [0.25, 0.3) is 5.91 Å². The molecule has 3 amide bonds. The van der Waals surface area contributed by atoms with Gasteiger partial charge in [-0.2, -0.15) is 0 Å². The highest BCUT2D eigenvalue weighted by Gasteiger charge is 2.48. The van der Waals surface area contributed by atoms with Crippen LogP contribution in [0, 0.1) is 6.92 Å². The van der Waals surface area contributed by atoms with Gasteiger partial charge in [0.15, 0.2) is 0 Å². The zero-order valence-electron chi connectivity index (χ0n) is 12.1. The van der Waals surface area contributed by atoms with Crippen molar-refractivity contribution in [3.63, 3.8) is 0 Å². The van der Waals surface area contributed by atoms with Crippen LogP contribution < -0.4 is 5.32 Å². The molecule has 0 bridgehead atoms. The second kappa shape index (κ2) is 5.63. The maximum Gasteiger partial charge on any atom is 0.325 e. The minimum absolute atomic E-state index is 0.231. The lowest BCUT2D eigenvalue weighted by molar-refractivity contribution is -0.131. The number of benzene rings is 1. The Kier molecular flexibility index (Phi) is 4.09. The molecule has 108 valence electrons. The van der Waals surface area contributed by atoms with Crippen molar-refractivity contribution in [3.8, 4) is 0 Å². The van der Waals surface area contributed by atoms with Crippen LogP contribution in [0.25, 0.3) is 0 Å². The summed E-state index contributed by atoms with van der Waals surface area (Å²) in [7, 11) is 0. The van der Waals surface area contributed by atoms with Gasteiger partial charge in [0.05, 0.1) is 13.2 Å². The zero-order valence-corrected chi connectivity index (χ0v) is 12.1. The van der Waals surface area contributed by atoms with Crippen LogP contribution in [0.15, 0.2) is 24.3 Å². The first kappa shape index (κ1) is 14.5. The van der Waals surface area contributed by atoms with Crippen LogP contribution in [0.5, 0.6) is 0 Å². The summed E-state index contributed by atoms with van der Waals surface area (Å²) in [5.41, 5.74) is 0.916. The molecule has 0 radical (unpaired) electrons. The molecule has 1 atom stereocenters. The average molecular weight is 276 g/mol. The fourth-order valence-electron chi connectivity index (χ4n) is 2.28. The second-order valence-corrected chi connectivity index (χ2v) is 5.07. The third kappa shape index (κ3) is 2.54. The second-order valence-electron chi connectivity index (χ2n) is 5.07. The van der Waals surface area contributed by atoms with Crippen molar-refractivity contribution < 1.29 is 14.3 Å². The van der Waals surface area contributed by atoms with E-state index in [0.717, 1.165) is 11.1 Å². The number of amides is 3. The van der Waals surface area contributed by atoms with Crippen LogP contribution in [-0.4, -0.2) is 36.6 Å². The Labute approximate surface area is 118 Å². The number of urea groups is 1. The fourth-order valence-corrected chi connectivity index (χ4v) is 2.28. The summed E-state index contributed by atoms with van der Waals surface area (Å²) in [5.74, 6) is -0.231. The Morgan fingerprint density at radius 2 is 1.90 bits per heavy atom. The zero-order chi connectivity index (χ0) is 14.8. The van der Waals surface area contributed by atoms with E-state index in [0.29, 0.717) is 13.2 Å². The number of carbonyl (C=O) groups is 2. The number of ether oxygens (including phenoxy) is 1. The van der Waals surface area contributed by atoms with E-state index >= 15 is 0 Å². The Bertz CT molecular complexity index is 512. The van der Waals surface area contributed by atoms with Gasteiger partial charge in [0, 0.05) is 6.61 Å². The van der Waals surface area contributed by atoms with E-state index in [4.69, 9.17) is 4.74 Å². The van der Waals surface area contributed by atoms with E-state index < -0.39 is 5.54 Å². The molecule has 0 unspecified atom stereocenters. The fraction of sp³-hybridized carbons (Fsp3) is 0.467. The minimum atomic E-state index is -0.989. The van der Waals surface area contributed by atoms with Crippen molar-refractivity contribution in [2.45, 2.75) is 26.3 Å². The number of aryl methyl sites for hydroxylation is 1. The Hall–Kier alpha value is -1.88. The molecule has 1 aromatic carbocycles. The van der Waals surface area contributed by atoms with Gasteiger partial charge in [-0.3, -0.25) is 9.69 Å². The maximum atomic E-state index is 12.5. The van der Waals surface area contributed by atoms with Crippen molar-refractivity contribution in [1.82, 2.24) is 10.2 Å². The van der Waals surface area contributed by atoms with Gasteiger partial charge in [0.2, 0.25) is 0 Å². The molecule has 0 saturated carbocycles. The topological polar surface area (TPSA) is 58.6 Å². The lowest BCUT2D eigenvalue weighted by Crippen LogP contribution is -2.41. The van der Waals surface area contributed by atoms with Crippen LogP contribution in [0.3, 0.4) is 0 Å². The molecule has 1 saturated heterocycles. The summed E-state index contributed by atoms with van der Waals surface area (Å²) in [6, 6.07) is 7.25. The molecule has 1 aliphatic heterocycles. The molecule has 0 aliphatic carbocycles. The highest BCUT2D eigenvalue weighted by atomic mass is 16.5. The third-order valence-electron chi connectivity index (χ3n) is 3.57. The first-order chi connectivity index (χ1) is 9.49. The molecule has 5 nitrogen and oxygen atoms in total. The van der Waals surface area contributed by atoms with Crippen LogP contribution in [0.1, 0.15) is 25.0 Å². The Morgan fingerprint density at radius 1 is 1.25 bits per heavy atom. The van der Waals surface area contributed by atoms with Gasteiger partial charge < -0.3 is 10.1 Å². The number of hydrogen-bond acceptors (Lipinski definition) is 3. The van der Waals surface area contributed by atoms with Crippen LogP contribution in [0.2, 0.25) is 0 Å². The van der Waals surface area contributed by atoms with Crippen molar-refractivity contribution in [1.29, 1.82) is 0 Å². The van der Waals surface area contributed by atoms with Crippen molar-refractivity contribution in [2.75, 3.05) is 19.8 Å². The van der Waals surface area contributed by atoms with Gasteiger partial charge in [-0.1, -0.05) is 29.8 Å². The summed E-state index contributed by atoms with van der Waals surface area (Å²) in [6.45, 7) is 6.80. The molecule has 0 spiro atoms. The molecule has 2 rings (SSSR count). The van der Waals surface area contributed by atoms with Gasteiger partial charge in [-0.25, -0.2) is 4.79 Å². The number of hydrogen-bond donors (Lipinski definition) is 1. The molecule has 1 N–H and O–H groups in total. The molecule has 0 aromatic heterocycles. The van der Waals surface area contributed by atoms with Gasteiger partial charge in [-0.15, -0.1) is 0 Å². The van der Waals surface area contributed by atoms with E-state index in [2.05, 4.69) is 5.32 Å². The SMILES string of the molecule is CCOCCN1C(=O)N[C@@](C)(c2ccc(C)cc2)C1=O. The average Bonchev–Trinajstić information content (AvgIpc) is 2.64. The largest absolute Gasteiger partial charge is 0.380 e. The summed E-state index contributed by atoms with van der Waals surface area (Å²) >= 11 is 0. The predicted octanol–water partition coefficient (Wildman–Crippen LogP) is 1.80. The molecular weight excluding hydrogens is 256 g/mol. The van der Waals surface area contributed by atoms with E-state index in [1.54, 1.807) is 6.92 Å². The van der Waals surface area contributed by atoms with E-state index in [1.165, 1.54) is 4.90 Å². The van der Waals surface area contributed by atoms with Crippen molar-refractivity contribution >= 4 is 11.9 Å². The molecule has 1 heterocycles. The lowest BCUT2D eigenvalue weighted by atomic mass is 9.91. The number of nitrogens with zero attached hydrogens (tertiary/aromatic N) is 1. The van der Waals surface area contributed by atoms with E-state index in [9.17, 15) is 9.59 Å². The van der Waals surface area contributed by atoms with Crippen LogP contribution in [0.4, 0.5) is 4.79 Å². The Morgan fingerprint density at radius 3 is 2.50 bits per heavy atom. The predicted molar refractivity (Wildman–Crippen MR) is 75.3 cm³/mol. The quantitative estimate of drug-likeness (QED) is 0.659. The smallest absolute Gasteiger partial charge is 0.325 e. The highest BCUT2D eigenvalue weighted by Crippen LogP contribution is 2.28. The number of imide groups is 1. The van der Waals surface area contributed by atoms with Gasteiger partial charge in [-0.05, 0) is 26.3 Å². The van der Waals surface area contributed by atoms with Gasteiger partial charge >= 0.3 is 6.03 Å². The first-order valence-electron chi connectivity index (χ1n) is 6.78. The van der Waals surface area contributed by atoms with Crippen LogP contribution >= 0.6 is 0 Å². The number of nitrogens with one attached hydrogen (secondary N) is 1. The van der Waals surface area contributed by atoms with E-state index in [-0.39, 0.29) is 18.5 Å². The van der Waals surface area contributed by atoms with Gasteiger partial charge in [0.1, 0.15) is 5.54 Å². The van der Waals surface area contributed by atoms with Crippen molar-refractivity contribution in [2.24, 2.45) is 0 Å².